The highest BCUT2D eigenvalue weighted by molar-refractivity contribution is 6.42. The van der Waals surface area contributed by atoms with Crippen LogP contribution in [0.1, 0.15) is 23.7 Å². The lowest BCUT2D eigenvalue weighted by atomic mass is 10.0. The average molecular weight is 304 g/mol. The van der Waals surface area contributed by atoms with Crippen molar-refractivity contribution < 1.29 is 19.5 Å². The number of hydrogen-bond acceptors (Lipinski definition) is 3. The number of aliphatic carboxylic acids is 1. The number of Topliss-reactive ketones (excluding diaryl/α,β-unsaturated/α-hetero) is 1. The number of halogens is 2. The highest BCUT2D eigenvalue weighted by atomic mass is 35.5. The number of amides is 1. The molecule has 0 saturated heterocycles. The molecule has 0 saturated carbocycles. The van der Waals surface area contributed by atoms with Crippen LogP contribution in [0, 0.1) is 0 Å². The van der Waals surface area contributed by atoms with Gasteiger partial charge in [0.05, 0.1) is 10.0 Å². The molecule has 0 aliphatic rings. The van der Waals surface area contributed by atoms with E-state index in [1.807, 2.05) is 0 Å². The first-order valence-corrected chi connectivity index (χ1v) is 6.05. The van der Waals surface area contributed by atoms with Crippen LogP contribution in [-0.2, 0) is 9.59 Å². The van der Waals surface area contributed by atoms with Crippen LogP contribution in [-0.4, -0.2) is 28.8 Å². The van der Waals surface area contributed by atoms with E-state index < -0.39 is 23.7 Å². The lowest BCUT2D eigenvalue weighted by molar-refractivity contribution is -0.141. The van der Waals surface area contributed by atoms with Crippen LogP contribution in [0.3, 0.4) is 0 Å². The van der Waals surface area contributed by atoms with Crippen LogP contribution in [0.15, 0.2) is 18.2 Å². The number of carboxylic acids is 1. The molecule has 0 aromatic heterocycles. The molecule has 102 valence electrons. The predicted octanol–water partition coefficient (Wildman–Crippen LogP) is 2.16. The topological polar surface area (TPSA) is 83.5 Å². The van der Waals surface area contributed by atoms with Gasteiger partial charge < -0.3 is 10.4 Å². The predicted molar refractivity (Wildman–Crippen MR) is 70.7 cm³/mol. The fraction of sp³-hybridized carbons (Fsp3) is 0.250. The van der Waals surface area contributed by atoms with Crippen LogP contribution >= 0.6 is 23.2 Å². The SMILES string of the molecule is CC(=O)NC(CC(=O)c1ccc(Cl)c(Cl)c1)C(=O)O. The third kappa shape index (κ3) is 4.54. The van der Waals surface area contributed by atoms with Gasteiger partial charge in [-0.25, -0.2) is 4.79 Å². The molecule has 0 spiro atoms. The van der Waals surface area contributed by atoms with Gasteiger partial charge in [-0.15, -0.1) is 0 Å². The number of rotatable bonds is 5. The van der Waals surface area contributed by atoms with E-state index in [2.05, 4.69) is 5.32 Å². The molecular formula is C12H11Cl2NO4. The number of hydrogen-bond donors (Lipinski definition) is 2. The number of carboxylic acid groups (broad SMARTS) is 1. The molecule has 1 aromatic rings. The Morgan fingerprint density at radius 2 is 1.89 bits per heavy atom. The van der Waals surface area contributed by atoms with Crippen molar-refractivity contribution in [2.24, 2.45) is 0 Å². The first kappa shape index (κ1) is 15.5. The van der Waals surface area contributed by atoms with Gasteiger partial charge >= 0.3 is 5.97 Å². The van der Waals surface area contributed by atoms with Crippen molar-refractivity contribution in [1.82, 2.24) is 5.32 Å². The number of ketones is 1. The van der Waals surface area contributed by atoms with Gasteiger partial charge in [-0.05, 0) is 18.2 Å². The molecule has 0 radical (unpaired) electrons. The van der Waals surface area contributed by atoms with Crippen molar-refractivity contribution in [3.63, 3.8) is 0 Å². The van der Waals surface area contributed by atoms with E-state index in [0.29, 0.717) is 5.02 Å². The van der Waals surface area contributed by atoms with Crippen LogP contribution < -0.4 is 5.32 Å². The Bertz CT molecular complexity index is 530. The summed E-state index contributed by atoms with van der Waals surface area (Å²) < 4.78 is 0. The van der Waals surface area contributed by atoms with Crippen molar-refractivity contribution in [2.45, 2.75) is 19.4 Å². The molecule has 1 atom stereocenters. The molecule has 2 N–H and O–H groups in total. The minimum Gasteiger partial charge on any atom is -0.480 e. The van der Waals surface area contributed by atoms with Crippen LogP contribution in [0.4, 0.5) is 0 Å². The second-order valence-corrected chi connectivity index (χ2v) is 4.66. The second kappa shape index (κ2) is 6.54. The summed E-state index contributed by atoms with van der Waals surface area (Å²) in [6.07, 6.45) is -0.354. The lowest BCUT2D eigenvalue weighted by Crippen LogP contribution is -2.41. The van der Waals surface area contributed by atoms with Crippen LogP contribution in [0.2, 0.25) is 10.0 Å². The van der Waals surface area contributed by atoms with E-state index in [9.17, 15) is 14.4 Å². The first-order valence-electron chi connectivity index (χ1n) is 5.29. The Labute approximate surface area is 119 Å². The summed E-state index contributed by atoms with van der Waals surface area (Å²) >= 11 is 11.5. The van der Waals surface area contributed by atoms with Gasteiger partial charge in [-0.1, -0.05) is 23.2 Å². The zero-order valence-electron chi connectivity index (χ0n) is 9.94. The van der Waals surface area contributed by atoms with E-state index in [1.165, 1.54) is 25.1 Å². The maximum absolute atomic E-state index is 11.9. The first-order chi connectivity index (χ1) is 8.81. The Hall–Kier alpha value is -1.59. The summed E-state index contributed by atoms with van der Waals surface area (Å²) in [5.41, 5.74) is 0.242. The standard InChI is InChI=1S/C12H11Cl2NO4/c1-6(16)15-10(12(18)19)5-11(17)7-2-3-8(13)9(14)4-7/h2-4,10H,5H2,1H3,(H,15,16)(H,18,19). The maximum atomic E-state index is 11.9. The van der Waals surface area contributed by atoms with Crippen LogP contribution in [0.25, 0.3) is 0 Å². The van der Waals surface area contributed by atoms with Gasteiger partial charge in [0, 0.05) is 18.9 Å². The number of carbonyl (C=O) groups is 3. The molecule has 0 heterocycles. The lowest BCUT2D eigenvalue weighted by Gasteiger charge is -2.12. The summed E-state index contributed by atoms with van der Waals surface area (Å²) in [7, 11) is 0. The Morgan fingerprint density at radius 3 is 2.37 bits per heavy atom. The Balaban J connectivity index is 2.84. The molecule has 1 amide bonds. The van der Waals surface area contributed by atoms with Gasteiger partial charge in [0.15, 0.2) is 5.78 Å². The highest BCUT2D eigenvalue weighted by Crippen LogP contribution is 2.23. The molecule has 5 nitrogen and oxygen atoms in total. The average Bonchev–Trinajstić information content (AvgIpc) is 2.31. The van der Waals surface area contributed by atoms with Crippen molar-refractivity contribution in [3.05, 3.63) is 33.8 Å². The van der Waals surface area contributed by atoms with Crippen molar-refractivity contribution in [2.75, 3.05) is 0 Å². The molecule has 0 bridgehead atoms. The summed E-state index contributed by atoms with van der Waals surface area (Å²) in [6.45, 7) is 1.18. The maximum Gasteiger partial charge on any atom is 0.326 e. The normalized spacial score (nSPS) is 11.7. The number of benzene rings is 1. The fourth-order valence-electron chi connectivity index (χ4n) is 1.42. The number of carbonyl (C=O) groups excluding carboxylic acids is 2. The van der Waals surface area contributed by atoms with Gasteiger partial charge in [0.2, 0.25) is 5.91 Å². The zero-order valence-corrected chi connectivity index (χ0v) is 11.5. The van der Waals surface area contributed by atoms with Crippen molar-refractivity contribution >= 4 is 40.9 Å². The minimum absolute atomic E-state index is 0.207. The van der Waals surface area contributed by atoms with E-state index in [0.717, 1.165) is 0 Å². The minimum atomic E-state index is -1.27. The molecule has 1 rings (SSSR count). The monoisotopic (exact) mass is 303 g/mol. The third-order valence-electron chi connectivity index (χ3n) is 2.31. The summed E-state index contributed by atoms with van der Waals surface area (Å²) in [6, 6.07) is 2.99. The van der Waals surface area contributed by atoms with E-state index in [1.54, 1.807) is 0 Å². The van der Waals surface area contributed by atoms with E-state index in [-0.39, 0.29) is 17.0 Å². The molecule has 0 fully saturated rings. The second-order valence-electron chi connectivity index (χ2n) is 3.85. The Morgan fingerprint density at radius 1 is 1.26 bits per heavy atom. The summed E-state index contributed by atoms with van der Waals surface area (Å²) in [4.78, 5) is 33.6. The van der Waals surface area contributed by atoms with Gasteiger partial charge in [0.1, 0.15) is 6.04 Å². The van der Waals surface area contributed by atoms with Crippen molar-refractivity contribution in [3.8, 4) is 0 Å². The zero-order chi connectivity index (χ0) is 14.6. The molecule has 1 aromatic carbocycles. The molecule has 19 heavy (non-hydrogen) atoms. The molecular weight excluding hydrogens is 293 g/mol. The summed E-state index contributed by atoms with van der Waals surface area (Å²) in [5.74, 6) is -2.24. The van der Waals surface area contributed by atoms with Gasteiger partial charge in [-0.2, -0.15) is 0 Å². The summed E-state index contributed by atoms with van der Waals surface area (Å²) in [5, 5.41) is 11.6. The highest BCUT2D eigenvalue weighted by Gasteiger charge is 2.22. The van der Waals surface area contributed by atoms with Gasteiger partial charge in [-0.3, -0.25) is 9.59 Å². The van der Waals surface area contributed by atoms with Crippen LogP contribution in [0.5, 0.6) is 0 Å². The molecule has 0 aliphatic carbocycles. The van der Waals surface area contributed by atoms with E-state index >= 15 is 0 Å². The molecule has 7 heteroatoms. The number of nitrogens with one attached hydrogen (secondary N) is 1. The van der Waals surface area contributed by atoms with E-state index in [4.69, 9.17) is 28.3 Å². The van der Waals surface area contributed by atoms with Gasteiger partial charge in [0.25, 0.3) is 0 Å². The van der Waals surface area contributed by atoms with Crippen molar-refractivity contribution in [1.29, 1.82) is 0 Å². The third-order valence-corrected chi connectivity index (χ3v) is 3.05. The molecule has 0 aliphatic heterocycles. The quantitative estimate of drug-likeness (QED) is 0.816. The molecule has 1 unspecified atom stereocenters. The Kier molecular flexibility index (Phi) is 5.32. The smallest absolute Gasteiger partial charge is 0.326 e. The fourth-order valence-corrected chi connectivity index (χ4v) is 1.72. The largest absolute Gasteiger partial charge is 0.480 e.